The van der Waals surface area contributed by atoms with E-state index in [1.807, 2.05) is 38.1 Å². The van der Waals surface area contributed by atoms with Gasteiger partial charge < -0.3 is 10.1 Å². The Morgan fingerprint density at radius 3 is 2.31 bits per heavy atom. The van der Waals surface area contributed by atoms with E-state index in [9.17, 15) is 13.6 Å². The topological polar surface area (TPSA) is 41.6 Å². The Bertz CT molecular complexity index is 728. The number of nitrogens with zero attached hydrogens (tertiary/aromatic N) is 1. The first kappa shape index (κ1) is 19.8. The molecule has 0 heterocycles. The number of hydrogen-bond donors (Lipinski definition) is 1. The number of methoxy groups -OCH3 is 1. The minimum absolute atomic E-state index is 0.140. The summed E-state index contributed by atoms with van der Waals surface area (Å²) in [6, 6.07) is 10.8. The van der Waals surface area contributed by atoms with Gasteiger partial charge in [0.05, 0.1) is 13.2 Å². The number of carbonyl (C=O) groups is 1. The molecule has 0 radical (unpaired) electrons. The van der Waals surface area contributed by atoms with Crippen molar-refractivity contribution in [2.75, 3.05) is 26.7 Å². The van der Waals surface area contributed by atoms with Crippen LogP contribution in [0.3, 0.4) is 0 Å². The molecule has 0 spiro atoms. The summed E-state index contributed by atoms with van der Waals surface area (Å²) in [5.74, 6) is -1.79. The average Bonchev–Trinajstić information content (AvgIpc) is 2.65. The molecule has 0 aliphatic rings. The van der Waals surface area contributed by atoms with Crippen LogP contribution in [0.2, 0.25) is 0 Å². The van der Waals surface area contributed by atoms with Gasteiger partial charge in [-0.15, -0.1) is 0 Å². The number of carbonyl (C=O) groups excluding carboxylic acids is 1. The van der Waals surface area contributed by atoms with Crippen molar-refractivity contribution in [3.63, 3.8) is 0 Å². The molecule has 0 saturated heterocycles. The van der Waals surface area contributed by atoms with E-state index >= 15 is 0 Å². The molecule has 0 aliphatic carbocycles. The molecule has 0 saturated carbocycles. The predicted octanol–water partition coefficient (Wildman–Crippen LogP) is 3.79. The first-order valence-corrected chi connectivity index (χ1v) is 8.62. The SMILES string of the molecule is CCN(CC)C(CNC(=O)c1c(F)cccc1F)c1cccc(OC)c1. The van der Waals surface area contributed by atoms with E-state index in [0.717, 1.165) is 30.8 Å². The lowest BCUT2D eigenvalue weighted by Crippen LogP contribution is -2.38. The number of hydrogen-bond acceptors (Lipinski definition) is 3. The van der Waals surface area contributed by atoms with Gasteiger partial charge in [0, 0.05) is 6.54 Å². The normalized spacial score (nSPS) is 12.1. The number of benzene rings is 2. The molecule has 1 atom stereocenters. The molecule has 6 heteroatoms. The fourth-order valence-corrected chi connectivity index (χ4v) is 2.96. The molecule has 2 aromatic rings. The highest BCUT2D eigenvalue weighted by molar-refractivity contribution is 5.94. The van der Waals surface area contributed by atoms with E-state index in [0.29, 0.717) is 5.75 Å². The molecular weight excluding hydrogens is 338 g/mol. The van der Waals surface area contributed by atoms with Crippen molar-refractivity contribution in [3.8, 4) is 5.75 Å². The summed E-state index contributed by atoms with van der Waals surface area (Å²) < 4.78 is 32.9. The maximum Gasteiger partial charge on any atom is 0.257 e. The van der Waals surface area contributed by atoms with Crippen LogP contribution in [-0.4, -0.2) is 37.6 Å². The van der Waals surface area contributed by atoms with E-state index in [-0.39, 0.29) is 12.6 Å². The smallest absolute Gasteiger partial charge is 0.257 e. The number of amides is 1. The minimum atomic E-state index is -0.872. The van der Waals surface area contributed by atoms with Crippen molar-refractivity contribution < 1.29 is 18.3 Å². The highest BCUT2D eigenvalue weighted by atomic mass is 19.1. The van der Waals surface area contributed by atoms with Gasteiger partial charge in [0.25, 0.3) is 5.91 Å². The predicted molar refractivity (Wildman–Crippen MR) is 97.3 cm³/mol. The molecule has 2 rings (SSSR count). The summed E-state index contributed by atoms with van der Waals surface area (Å²) >= 11 is 0. The zero-order valence-electron chi connectivity index (χ0n) is 15.3. The lowest BCUT2D eigenvalue weighted by Gasteiger charge is -2.30. The van der Waals surface area contributed by atoms with Crippen molar-refractivity contribution in [3.05, 3.63) is 65.2 Å². The summed E-state index contributed by atoms with van der Waals surface area (Å²) in [6.45, 7) is 5.80. The Balaban J connectivity index is 2.23. The van der Waals surface area contributed by atoms with E-state index in [1.165, 1.54) is 6.07 Å². The van der Waals surface area contributed by atoms with Crippen LogP contribution in [0, 0.1) is 11.6 Å². The highest BCUT2D eigenvalue weighted by Gasteiger charge is 2.22. The van der Waals surface area contributed by atoms with Gasteiger partial charge in [-0.2, -0.15) is 0 Å². The third kappa shape index (κ3) is 4.58. The third-order valence-corrected chi connectivity index (χ3v) is 4.38. The maximum absolute atomic E-state index is 13.8. The monoisotopic (exact) mass is 362 g/mol. The van der Waals surface area contributed by atoms with Gasteiger partial charge in [-0.3, -0.25) is 9.69 Å². The summed E-state index contributed by atoms with van der Waals surface area (Å²) in [7, 11) is 1.59. The van der Waals surface area contributed by atoms with Crippen LogP contribution in [0.15, 0.2) is 42.5 Å². The Hall–Kier alpha value is -2.47. The second kappa shape index (κ2) is 9.29. The second-order valence-electron chi connectivity index (χ2n) is 5.82. The Morgan fingerprint density at radius 1 is 1.12 bits per heavy atom. The zero-order valence-corrected chi connectivity index (χ0v) is 15.3. The van der Waals surface area contributed by atoms with Gasteiger partial charge in [0.15, 0.2) is 0 Å². The second-order valence-corrected chi connectivity index (χ2v) is 5.82. The Morgan fingerprint density at radius 2 is 1.73 bits per heavy atom. The number of halogens is 2. The van der Waals surface area contributed by atoms with E-state index in [4.69, 9.17) is 4.74 Å². The van der Waals surface area contributed by atoms with Crippen LogP contribution in [-0.2, 0) is 0 Å². The van der Waals surface area contributed by atoms with Crippen molar-refractivity contribution in [2.24, 2.45) is 0 Å². The molecule has 140 valence electrons. The first-order valence-electron chi connectivity index (χ1n) is 8.62. The van der Waals surface area contributed by atoms with E-state index < -0.39 is 23.1 Å². The molecule has 0 bridgehead atoms. The molecule has 0 fully saturated rings. The fourth-order valence-electron chi connectivity index (χ4n) is 2.96. The molecule has 26 heavy (non-hydrogen) atoms. The van der Waals surface area contributed by atoms with Crippen molar-refractivity contribution in [1.82, 2.24) is 10.2 Å². The van der Waals surface area contributed by atoms with Gasteiger partial charge >= 0.3 is 0 Å². The van der Waals surface area contributed by atoms with Crippen LogP contribution in [0.1, 0.15) is 35.8 Å². The molecule has 1 unspecified atom stereocenters. The zero-order chi connectivity index (χ0) is 19.1. The summed E-state index contributed by atoms with van der Waals surface area (Å²) in [4.78, 5) is 14.5. The number of nitrogens with one attached hydrogen (secondary N) is 1. The molecule has 1 N–H and O–H groups in total. The van der Waals surface area contributed by atoms with Crippen LogP contribution >= 0.6 is 0 Å². The van der Waals surface area contributed by atoms with Crippen LogP contribution in [0.5, 0.6) is 5.75 Å². The van der Waals surface area contributed by atoms with Gasteiger partial charge in [-0.05, 0) is 42.9 Å². The van der Waals surface area contributed by atoms with Gasteiger partial charge in [0.2, 0.25) is 0 Å². The number of rotatable bonds is 8. The Labute approximate surface area is 152 Å². The number of ether oxygens (including phenoxy) is 1. The van der Waals surface area contributed by atoms with Crippen molar-refractivity contribution in [2.45, 2.75) is 19.9 Å². The molecule has 1 amide bonds. The van der Waals surface area contributed by atoms with Crippen molar-refractivity contribution >= 4 is 5.91 Å². The first-order chi connectivity index (χ1) is 12.5. The lowest BCUT2D eigenvalue weighted by atomic mass is 10.0. The third-order valence-electron chi connectivity index (χ3n) is 4.38. The van der Waals surface area contributed by atoms with Crippen LogP contribution in [0.4, 0.5) is 8.78 Å². The molecule has 4 nitrogen and oxygen atoms in total. The van der Waals surface area contributed by atoms with Gasteiger partial charge in [0.1, 0.15) is 22.9 Å². The maximum atomic E-state index is 13.8. The summed E-state index contributed by atoms with van der Waals surface area (Å²) in [5.41, 5.74) is 0.402. The van der Waals surface area contributed by atoms with Crippen molar-refractivity contribution in [1.29, 1.82) is 0 Å². The Kier molecular flexibility index (Phi) is 7.09. The number of likely N-dealkylation sites (N-methyl/N-ethyl adjacent to an activating group) is 1. The minimum Gasteiger partial charge on any atom is -0.497 e. The summed E-state index contributed by atoms with van der Waals surface area (Å²) in [5, 5.41) is 2.66. The van der Waals surface area contributed by atoms with Crippen LogP contribution in [0.25, 0.3) is 0 Å². The summed E-state index contributed by atoms with van der Waals surface area (Å²) in [6.07, 6.45) is 0. The largest absolute Gasteiger partial charge is 0.497 e. The van der Waals surface area contributed by atoms with Gasteiger partial charge in [-0.25, -0.2) is 8.78 Å². The molecular formula is C20H24F2N2O2. The average molecular weight is 362 g/mol. The molecule has 0 aliphatic heterocycles. The molecule has 0 aromatic heterocycles. The lowest BCUT2D eigenvalue weighted by molar-refractivity contribution is 0.0926. The fraction of sp³-hybridized carbons (Fsp3) is 0.350. The van der Waals surface area contributed by atoms with Gasteiger partial charge in [-0.1, -0.05) is 32.0 Å². The standard InChI is InChI=1S/C20H24F2N2O2/c1-4-24(5-2)18(14-8-6-9-15(12-14)26-3)13-23-20(25)19-16(21)10-7-11-17(19)22/h6-12,18H,4-5,13H2,1-3H3,(H,23,25). The molecule has 2 aromatic carbocycles. The highest BCUT2D eigenvalue weighted by Crippen LogP contribution is 2.24. The van der Waals surface area contributed by atoms with Crippen LogP contribution < -0.4 is 10.1 Å². The van der Waals surface area contributed by atoms with E-state index in [1.54, 1.807) is 7.11 Å². The quantitative estimate of drug-likeness (QED) is 0.777. The van der Waals surface area contributed by atoms with E-state index in [2.05, 4.69) is 10.2 Å².